The molecule has 197 valence electrons. The fraction of sp³-hybridized carbons (Fsp3) is 0.312. The van der Waals surface area contributed by atoms with E-state index in [4.69, 9.17) is 0 Å². The molecular weight excluding hydrogens is 482 g/mol. The minimum absolute atomic E-state index is 0.310. The predicted octanol–water partition coefficient (Wildman–Crippen LogP) is 7.78. The molecule has 4 aromatic rings. The van der Waals surface area contributed by atoms with Crippen LogP contribution in [0.1, 0.15) is 55.2 Å². The van der Waals surface area contributed by atoms with Crippen molar-refractivity contribution in [3.8, 4) is 0 Å². The Bertz CT molecular complexity index is 1310. The van der Waals surface area contributed by atoms with E-state index in [9.17, 15) is 18.2 Å². The second-order valence-electron chi connectivity index (χ2n) is 9.89. The van der Waals surface area contributed by atoms with Crippen LogP contribution in [-0.4, -0.2) is 24.0 Å². The van der Waals surface area contributed by atoms with Gasteiger partial charge in [-0.1, -0.05) is 86.0 Å². The molecular formula is C32H34BF3NO. The zero-order valence-electron chi connectivity index (χ0n) is 21.7. The molecule has 38 heavy (non-hydrogen) atoms. The summed E-state index contributed by atoms with van der Waals surface area (Å²) in [6.07, 6.45) is 3.95. The number of rotatable bonds is 13. The quantitative estimate of drug-likeness (QED) is 0.0849. The van der Waals surface area contributed by atoms with Crippen molar-refractivity contribution < 1.29 is 18.2 Å². The summed E-state index contributed by atoms with van der Waals surface area (Å²) in [6, 6.07) is 22.3. The molecule has 0 amide bonds. The maximum atomic E-state index is 13.5. The van der Waals surface area contributed by atoms with Crippen molar-refractivity contribution in [2.24, 2.45) is 0 Å². The summed E-state index contributed by atoms with van der Waals surface area (Å²) in [7, 11) is 0.903. The molecule has 0 saturated carbocycles. The SMILES string of the molecule is C=CCCCCCCCN(Cc1cc(C(F)(F)F)ccc1[B]O)Cc1c2ccccc2cc2ccccc12. The maximum absolute atomic E-state index is 13.5. The fourth-order valence-electron chi connectivity index (χ4n) is 5.16. The van der Waals surface area contributed by atoms with E-state index in [1.54, 1.807) is 0 Å². The first kappa shape index (κ1) is 27.9. The van der Waals surface area contributed by atoms with Crippen molar-refractivity contribution in [2.75, 3.05) is 6.54 Å². The van der Waals surface area contributed by atoms with Crippen LogP contribution in [0.2, 0.25) is 0 Å². The van der Waals surface area contributed by atoms with E-state index in [0.717, 1.165) is 80.2 Å². The Morgan fingerprint density at radius 2 is 1.42 bits per heavy atom. The second kappa shape index (κ2) is 13.1. The maximum Gasteiger partial charge on any atom is 0.416 e. The number of nitrogens with zero attached hydrogens (tertiary/aromatic N) is 1. The van der Waals surface area contributed by atoms with Crippen LogP contribution < -0.4 is 5.46 Å². The summed E-state index contributed by atoms with van der Waals surface area (Å²) in [5.41, 5.74) is 1.36. The van der Waals surface area contributed by atoms with Crippen molar-refractivity contribution in [3.05, 3.63) is 102 Å². The van der Waals surface area contributed by atoms with E-state index < -0.39 is 11.7 Å². The molecule has 0 atom stereocenters. The second-order valence-corrected chi connectivity index (χ2v) is 9.89. The van der Waals surface area contributed by atoms with Crippen LogP contribution in [0.15, 0.2) is 85.5 Å². The Balaban J connectivity index is 1.65. The summed E-state index contributed by atoms with van der Waals surface area (Å²) >= 11 is 0. The van der Waals surface area contributed by atoms with Gasteiger partial charge in [0, 0.05) is 13.1 Å². The van der Waals surface area contributed by atoms with Crippen LogP contribution in [0, 0.1) is 0 Å². The average Bonchev–Trinajstić information content (AvgIpc) is 2.91. The van der Waals surface area contributed by atoms with Crippen molar-refractivity contribution in [1.29, 1.82) is 0 Å². The van der Waals surface area contributed by atoms with E-state index >= 15 is 0 Å². The van der Waals surface area contributed by atoms with Crippen molar-refractivity contribution in [3.63, 3.8) is 0 Å². The number of benzene rings is 4. The molecule has 4 rings (SSSR count). The number of halogens is 3. The van der Waals surface area contributed by atoms with Gasteiger partial charge in [0.2, 0.25) is 0 Å². The van der Waals surface area contributed by atoms with E-state index in [0.29, 0.717) is 24.1 Å². The normalized spacial score (nSPS) is 11.9. The molecule has 6 heteroatoms. The highest BCUT2D eigenvalue weighted by atomic mass is 19.4. The lowest BCUT2D eigenvalue weighted by Gasteiger charge is -2.26. The van der Waals surface area contributed by atoms with Crippen LogP contribution in [-0.2, 0) is 19.3 Å². The molecule has 0 fully saturated rings. The topological polar surface area (TPSA) is 23.5 Å². The minimum Gasteiger partial charge on any atom is -0.450 e. The third kappa shape index (κ3) is 7.06. The number of hydrogen-bond acceptors (Lipinski definition) is 2. The first-order valence-electron chi connectivity index (χ1n) is 13.3. The lowest BCUT2D eigenvalue weighted by molar-refractivity contribution is -0.137. The van der Waals surface area contributed by atoms with E-state index in [1.165, 1.54) is 17.7 Å². The Morgan fingerprint density at radius 1 is 0.789 bits per heavy atom. The van der Waals surface area contributed by atoms with E-state index in [-0.39, 0.29) is 0 Å². The third-order valence-corrected chi connectivity index (χ3v) is 7.15. The minimum atomic E-state index is -4.44. The lowest BCUT2D eigenvalue weighted by atomic mass is 9.83. The summed E-state index contributed by atoms with van der Waals surface area (Å²) in [6.45, 7) is 5.44. The molecule has 0 aliphatic carbocycles. The Kier molecular flexibility index (Phi) is 9.65. The van der Waals surface area contributed by atoms with E-state index in [1.807, 2.05) is 30.3 Å². The van der Waals surface area contributed by atoms with Gasteiger partial charge in [-0.15, -0.1) is 6.58 Å². The predicted molar refractivity (Wildman–Crippen MR) is 153 cm³/mol. The van der Waals surface area contributed by atoms with Crippen LogP contribution in [0.5, 0.6) is 0 Å². The van der Waals surface area contributed by atoms with Gasteiger partial charge in [0.15, 0.2) is 0 Å². The molecule has 0 aliphatic rings. The zero-order valence-corrected chi connectivity index (χ0v) is 21.7. The van der Waals surface area contributed by atoms with Crippen LogP contribution >= 0.6 is 0 Å². The van der Waals surface area contributed by atoms with Gasteiger partial charge in [-0.05, 0) is 76.1 Å². The van der Waals surface area contributed by atoms with Gasteiger partial charge in [-0.25, -0.2) is 0 Å². The highest BCUT2D eigenvalue weighted by molar-refractivity contribution is 6.46. The molecule has 1 N–H and O–H groups in total. The third-order valence-electron chi connectivity index (χ3n) is 7.15. The van der Waals surface area contributed by atoms with Gasteiger partial charge in [-0.2, -0.15) is 13.2 Å². The Morgan fingerprint density at radius 3 is 2.05 bits per heavy atom. The average molecular weight is 516 g/mol. The van der Waals surface area contributed by atoms with Crippen molar-refractivity contribution >= 4 is 34.5 Å². The molecule has 0 aliphatic heterocycles. The molecule has 0 unspecified atom stereocenters. The Labute approximate surface area is 224 Å². The van der Waals surface area contributed by atoms with Crippen LogP contribution in [0.4, 0.5) is 13.2 Å². The number of hydrogen-bond donors (Lipinski definition) is 1. The van der Waals surface area contributed by atoms with Crippen molar-refractivity contribution in [1.82, 2.24) is 4.90 Å². The molecule has 0 saturated heterocycles. The van der Waals surface area contributed by atoms with Gasteiger partial charge in [0.05, 0.1) is 5.56 Å². The van der Waals surface area contributed by atoms with Crippen molar-refractivity contribution in [2.45, 2.75) is 57.8 Å². The summed E-state index contributed by atoms with van der Waals surface area (Å²) in [4.78, 5) is 2.22. The van der Waals surface area contributed by atoms with Gasteiger partial charge >= 0.3 is 13.7 Å². The fourth-order valence-corrected chi connectivity index (χ4v) is 5.16. The first-order valence-corrected chi connectivity index (χ1v) is 13.3. The van der Waals surface area contributed by atoms with E-state index in [2.05, 4.69) is 41.8 Å². The summed E-state index contributed by atoms with van der Waals surface area (Å²) in [5, 5.41) is 14.4. The number of allylic oxidation sites excluding steroid dienone is 1. The Hall–Kier alpha value is -3.09. The van der Waals surface area contributed by atoms with Gasteiger partial charge in [-0.3, -0.25) is 4.90 Å². The molecule has 0 aromatic heterocycles. The number of unbranched alkanes of at least 4 members (excludes halogenated alkanes) is 5. The lowest BCUT2D eigenvalue weighted by Crippen LogP contribution is -2.30. The largest absolute Gasteiger partial charge is 0.450 e. The highest BCUT2D eigenvalue weighted by Crippen LogP contribution is 2.32. The van der Waals surface area contributed by atoms with Gasteiger partial charge in [0.25, 0.3) is 0 Å². The van der Waals surface area contributed by atoms with Crippen LogP contribution in [0.3, 0.4) is 0 Å². The highest BCUT2D eigenvalue weighted by Gasteiger charge is 2.31. The number of alkyl halides is 3. The summed E-state index contributed by atoms with van der Waals surface area (Å²) in [5.74, 6) is 0. The monoisotopic (exact) mass is 516 g/mol. The van der Waals surface area contributed by atoms with Gasteiger partial charge in [0.1, 0.15) is 0 Å². The molecule has 0 heterocycles. The molecule has 0 bridgehead atoms. The molecule has 0 spiro atoms. The summed E-state index contributed by atoms with van der Waals surface area (Å²) < 4.78 is 40.6. The molecule has 2 nitrogen and oxygen atoms in total. The molecule has 1 radical (unpaired) electrons. The first-order chi connectivity index (χ1) is 18.4. The van der Waals surface area contributed by atoms with Crippen LogP contribution in [0.25, 0.3) is 21.5 Å². The number of fused-ring (bicyclic) bond motifs is 2. The zero-order chi connectivity index (χ0) is 27.0. The van der Waals surface area contributed by atoms with Gasteiger partial charge < -0.3 is 5.02 Å². The standard InChI is InChI=1S/C32H34BF3NO/c1-2-3-4-5-6-7-12-19-37(22-26-21-27(32(34,35)36)17-18-31(26)33-38)23-30-28-15-10-8-13-24(28)20-25-14-9-11-16-29(25)30/h2,8-11,13-18,20-21,38H,1,3-7,12,19,22-23H2. The molecule has 4 aromatic carbocycles. The smallest absolute Gasteiger partial charge is 0.416 e.